The van der Waals surface area contributed by atoms with E-state index in [1.807, 2.05) is 0 Å². The van der Waals surface area contributed by atoms with Gasteiger partial charge in [0.2, 0.25) is 0 Å². The molecule has 0 aromatic heterocycles. The number of rotatable bonds is 4. The largest absolute Gasteiger partial charge is 0.504 e. The van der Waals surface area contributed by atoms with Gasteiger partial charge in [-0.25, -0.2) is 0 Å². The van der Waals surface area contributed by atoms with Gasteiger partial charge >= 0.3 is 0 Å². The molecule has 1 aliphatic rings. The van der Waals surface area contributed by atoms with Gasteiger partial charge < -0.3 is 20.7 Å². The first-order chi connectivity index (χ1) is 8.04. The van der Waals surface area contributed by atoms with Gasteiger partial charge in [0.15, 0.2) is 11.5 Å². The average Bonchev–Trinajstić information content (AvgIpc) is 3.13. The van der Waals surface area contributed by atoms with Gasteiger partial charge in [-0.2, -0.15) is 0 Å². The standard InChI is InChI=1S/C12H16BrNO3.ClH/c1-17-9-5-7(13)4-8(12(9)16)10(14)11(15)6-2-3-6;/h4-6,10-11,15-16H,2-3,14H2,1H3;1H/t10-,11+;/m1./s1. The normalized spacial score (nSPS) is 17.8. The van der Waals surface area contributed by atoms with Gasteiger partial charge in [0.1, 0.15) is 0 Å². The van der Waals surface area contributed by atoms with Crippen molar-refractivity contribution < 1.29 is 14.9 Å². The maximum absolute atomic E-state index is 10.00. The molecule has 0 radical (unpaired) electrons. The molecular formula is C12H17BrClNO3. The molecule has 1 aliphatic carbocycles. The van der Waals surface area contributed by atoms with E-state index in [1.165, 1.54) is 7.11 Å². The number of aliphatic hydroxyl groups is 1. The molecular weight excluding hydrogens is 321 g/mol. The SMILES string of the molecule is COc1cc(Br)cc([C@@H](N)[C@@H](O)C2CC2)c1O.Cl. The number of hydrogen-bond acceptors (Lipinski definition) is 4. The fraction of sp³-hybridized carbons (Fsp3) is 0.500. The van der Waals surface area contributed by atoms with Crippen molar-refractivity contribution >= 4 is 28.3 Å². The summed E-state index contributed by atoms with van der Waals surface area (Å²) in [6.07, 6.45) is 1.39. The van der Waals surface area contributed by atoms with E-state index in [1.54, 1.807) is 12.1 Å². The van der Waals surface area contributed by atoms with Crippen molar-refractivity contribution in [3.8, 4) is 11.5 Å². The minimum atomic E-state index is -0.611. The molecule has 4 nitrogen and oxygen atoms in total. The topological polar surface area (TPSA) is 75.7 Å². The lowest BCUT2D eigenvalue weighted by Crippen LogP contribution is -2.28. The number of phenols is 1. The Morgan fingerprint density at radius 2 is 2.06 bits per heavy atom. The Morgan fingerprint density at radius 1 is 1.44 bits per heavy atom. The van der Waals surface area contributed by atoms with Crippen LogP contribution in [-0.4, -0.2) is 23.4 Å². The summed E-state index contributed by atoms with van der Waals surface area (Å²) < 4.78 is 5.82. The minimum Gasteiger partial charge on any atom is -0.504 e. The zero-order chi connectivity index (χ0) is 12.6. The van der Waals surface area contributed by atoms with Crippen LogP contribution >= 0.6 is 28.3 Å². The monoisotopic (exact) mass is 337 g/mol. The third-order valence-corrected chi connectivity index (χ3v) is 3.58. The first kappa shape index (κ1) is 15.6. The van der Waals surface area contributed by atoms with Gasteiger partial charge in [-0.05, 0) is 30.9 Å². The van der Waals surface area contributed by atoms with Crippen LogP contribution in [0.3, 0.4) is 0 Å². The van der Waals surface area contributed by atoms with Crippen molar-refractivity contribution in [2.24, 2.45) is 11.7 Å². The lowest BCUT2D eigenvalue weighted by molar-refractivity contribution is 0.121. The molecule has 2 atom stereocenters. The highest BCUT2D eigenvalue weighted by molar-refractivity contribution is 9.10. The molecule has 6 heteroatoms. The van der Waals surface area contributed by atoms with E-state index in [0.717, 1.165) is 17.3 Å². The Labute approximate surface area is 121 Å². The van der Waals surface area contributed by atoms with E-state index in [9.17, 15) is 10.2 Å². The number of benzene rings is 1. The number of nitrogens with two attached hydrogens (primary N) is 1. The summed E-state index contributed by atoms with van der Waals surface area (Å²) in [4.78, 5) is 0. The number of aromatic hydroxyl groups is 1. The third-order valence-electron chi connectivity index (χ3n) is 3.12. The molecule has 102 valence electrons. The van der Waals surface area contributed by atoms with Gasteiger partial charge in [-0.15, -0.1) is 12.4 Å². The molecule has 0 heterocycles. The fourth-order valence-electron chi connectivity index (χ4n) is 1.92. The van der Waals surface area contributed by atoms with Crippen LogP contribution in [0.15, 0.2) is 16.6 Å². The van der Waals surface area contributed by atoms with Crippen LogP contribution in [-0.2, 0) is 0 Å². The van der Waals surface area contributed by atoms with Gasteiger partial charge in [0.05, 0.1) is 19.3 Å². The van der Waals surface area contributed by atoms with Crippen LogP contribution in [0.2, 0.25) is 0 Å². The van der Waals surface area contributed by atoms with E-state index in [4.69, 9.17) is 10.5 Å². The second-order valence-electron chi connectivity index (χ2n) is 4.40. The van der Waals surface area contributed by atoms with E-state index < -0.39 is 12.1 Å². The maximum Gasteiger partial charge on any atom is 0.162 e. The molecule has 0 saturated heterocycles. The summed E-state index contributed by atoms with van der Waals surface area (Å²) >= 11 is 3.33. The van der Waals surface area contributed by atoms with Crippen molar-refractivity contribution in [1.29, 1.82) is 0 Å². The van der Waals surface area contributed by atoms with E-state index in [0.29, 0.717) is 11.3 Å². The lowest BCUT2D eigenvalue weighted by atomic mass is 9.98. The van der Waals surface area contributed by atoms with Gasteiger partial charge in [-0.3, -0.25) is 0 Å². The van der Waals surface area contributed by atoms with Gasteiger partial charge in [0.25, 0.3) is 0 Å². The summed E-state index contributed by atoms with van der Waals surface area (Å²) in [6, 6.07) is 2.79. The Hall–Kier alpha value is -0.490. The predicted octanol–water partition coefficient (Wildman–Crippen LogP) is 2.36. The Kier molecular flexibility index (Phi) is 5.28. The molecule has 1 aromatic carbocycles. The smallest absolute Gasteiger partial charge is 0.162 e. The zero-order valence-electron chi connectivity index (χ0n) is 9.97. The first-order valence-electron chi connectivity index (χ1n) is 5.54. The van der Waals surface area contributed by atoms with Crippen molar-refractivity contribution in [2.45, 2.75) is 25.0 Å². The van der Waals surface area contributed by atoms with Crippen molar-refractivity contribution in [3.63, 3.8) is 0 Å². The van der Waals surface area contributed by atoms with Crippen LogP contribution in [0.5, 0.6) is 11.5 Å². The summed E-state index contributed by atoms with van der Waals surface area (Å²) in [5.41, 5.74) is 6.50. The molecule has 0 spiro atoms. The molecule has 4 N–H and O–H groups in total. The van der Waals surface area contributed by atoms with E-state index >= 15 is 0 Å². The number of hydrogen-bond donors (Lipinski definition) is 3. The first-order valence-corrected chi connectivity index (χ1v) is 6.34. The van der Waals surface area contributed by atoms with Gasteiger partial charge in [0, 0.05) is 10.0 Å². The van der Waals surface area contributed by atoms with Crippen LogP contribution < -0.4 is 10.5 Å². The van der Waals surface area contributed by atoms with Crippen LogP contribution in [0, 0.1) is 5.92 Å². The second-order valence-corrected chi connectivity index (χ2v) is 5.32. The lowest BCUT2D eigenvalue weighted by Gasteiger charge is -2.21. The Morgan fingerprint density at radius 3 is 2.56 bits per heavy atom. The highest BCUT2D eigenvalue weighted by Gasteiger charge is 2.35. The summed E-state index contributed by atoms with van der Waals surface area (Å²) in [6.45, 7) is 0. The number of halogens is 2. The molecule has 2 rings (SSSR count). The number of ether oxygens (including phenoxy) is 1. The molecule has 0 unspecified atom stereocenters. The molecule has 18 heavy (non-hydrogen) atoms. The Bertz CT molecular complexity index is 426. The van der Waals surface area contributed by atoms with Crippen LogP contribution in [0.1, 0.15) is 24.4 Å². The second kappa shape index (κ2) is 6.10. The molecule has 1 saturated carbocycles. The average molecular weight is 339 g/mol. The summed E-state index contributed by atoms with van der Waals surface area (Å²) in [5, 5.41) is 20.0. The highest BCUT2D eigenvalue weighted by Crippen LogP contribution is 2.42. The summed E-state index contributed by atoms with van der Waals surface area (Å²) in [5.74, 6) is 0.616. The quantitative estimate of drug-likeness (QED) is 0.788. The van der Waals surface area contributed by atoms with E-state index in [2.05, 4.69) is 15.9 Å². The highest BCUT2D eigenvalue weighted by atomic mass is 79.9. The van der Waals surface area contributed by atoms with Crippen LogP contribution in [0.25, 0.3) is 0 Å². The van der Waals surface area contributed by atoms with E-state index in [-0.39, 0.29) is 24.1 Å². The Balaban J connectivity index is 0.00000162. The minimum absolute atomic E-state index is 0. The van der Waals surface area contributed by atoms with Crippen molar-refractivity contribution in [2.75, 3.05) is 7.11 Å². The maximum atomic E-state index is 10.00. The zero-order valence-corrected chi connectivity index (χ0v) is 12.4. The van der Waals surface area contributed by atoms with Crippen molar-refractivity contribution in [1.82, 2.24) is 0 Å². The molecule has 1 aromatic rings. The number of aliphatic hydroxyl groups excluding tert-OH is 1. The fourth-order valence-corrected chi connectivity index (χ4v) is 2.37. The van der Waals surface area contributed by atoms with Gasteiger partial charge in [-0.1, -0.05) is 15.9 Å². The summed E-state index contributed by atoms with van der Waals surface area (Å²) in [7, 11) is 1.48. The molecule has 0 aliphatic heterocycles. The number of phenolic OH excluding ortho intramolecular Hbond substituents is 1. The molecule has 0 amide bonds. The number of methoxy groups -OCH3 is 1. The predicted molar refractivity (Wildman–Crippen MR) is 75.3 cm³/mol. The van der Waals surface area contributed by atoms with Crippen LogP contribution in [0.4, 0.5) is 0 Å². The third kappa shape index (κ3) is 3.09. The molecule has 1 fully saturated rings. The van der Waals surface area contributed by atoms with Crippen molar-refractivity contribution in [3.05, 3.63) is 22.2 Å². The molecule has 0 bridgehead atoms.